The molecule has 2 rings (SSSR count). The van der Waals surface area contributed by atoms with Crippen LogP contribution in [0.1, 0.15) is 21.5 Å². The molecule has 0 aliphatic heterocycles. The van der Waals surface area contributed by atoms with E-state index in [4.69, 9.17) is 4.74 Å². The van der Waals surface area contributed by atoms with Crippen LogP contribution in [0.15, 0.2) is 30.3 Å². The van der Waals surface area contributed by atoms with E-state index in [1.807, 2.05) is 0 Å². The fraction of sp³-hybridized carbons (Fsp3) is 0.188. The highest BCUT2D eigenvalue weighted by atomic mass is 19.1. The first kappa shape index (κ1) is 15.1. The van der Waals surface area contributed by atoms with Crippen LogP contribution in [-0.2, 0) is 6.42 Å². The second-order valence-electron chi connectivity index (χ2n) is 4.59. The Kier molecular flexibility index (Phi) is 4.31. The minimum Gasteiger partial charge on any atom is -0.494 e. The zero-order valence-corrected chi connectivity index (χ0v) is 11.5. The van der Waals surface area contributed by atoms with Gasteiger partial charge in [-0.05, 0) is 30.2 Å². The maximum atomic E-state index is 14.0. The first-order valence-electron chi connectivity index (χ1n) is 6.25. The van der Waals surface area contributed by atoms with Crippen molar-refractivity contribution in [1.82, 2.24) is 0 Å². The summed E-state index contributed by atoms with van der Waals surface area (Å²) in [4.78, 5) is 12.1. The first-order chi connectivity index (χ1) is 9.95. The Labute approximate surface area is 120 Å². The summed E-state index contributed by atoms with van der Waals surface area (Å²) in [6.07, 6.45) is -0.444. The van der Waals surface area contributed by atoms with Gasteiger partial charge in [0.25, 0.3) is 0 Å². The van der Waals surface area contributed by atoms with Gasteiger partial charge in [0.05, 0.1) is 12.7 Å². The Morgan fingerprint density at radius 1 is 1.10 bits per heavy atom. The number of aryl methyl sites for hydroxylation is 1. The molecular formula is C16H13F3O2. The van der Waals surface area contributed by atoms with Crippen LogP contribution < -0.4 is 4.74 Å². The van der Waals surface area contributed by atoms with Gasteiger partial charge in [0, 0.05) is 6.42 Å². The van der Waals surface area contributed by atoms with E-state index in [0.29, 0.717) is 0 Å². The number of carbonyl (C=O) groups excluding carboxylic acids is 1. The van der Waals surface area contributed by atoms with Gasteiger partial charge >= 0.3 is 0 Å². The van der Waals surface area contributed by atoms with Gasteiger partial charge in [-0.15, -0.1) is 0 Å². The lowest BCUT2D eigenvalue weighted by molar-refractivity contribution is 0.0983. The average molecular weight is 294 g/mol. The fourth-order valence-electron chi connectivity index (χ4n) is 2.02. The molecule has 2 aromatic rings. The van der Waals surface area contributed by atoms with E-state index in [2.05, 4.69) is 0 Å². The summed E-state index contributed by atoms with van der Waals surface area (Å²) < 4.78 is 46.3. The summed E-state index contributed by atoms with van der Waals surface area (Å²) in [5, 5.41) is 0. The van der Waals surface area contributed by atoms with Crippen molar-refractivity contribution in [3.8, 4) is 5.75 Å². The summed E-state index contributed by atoms with van der Waals surface area (Å²) >= 11 is 0. The topological polar surface area (TPSA) is 26.3 Å². The van der Waals surface area contributed by atoms with E-state index < -0.39 is 35.2 Å². The van der Waals surface area contributed by atoms with Crippen molar-refractivity contribution in [2.24, 2.45) is 0 Å². The van der Waals surface area contributed by atoms with Crippen LogP contribution in [0.5, 0.6) is 5.75 Å². The molecule has 0 aliphatic rings. The average Bonchev–Trinajstić information content (AvgIpc) is 2.45. The van der Waals surface area contributed by atoms with Gasteiger partial charge in [-0.2, -0.15) is 0 Å². The highest BCUT2D eigenvalue weighted by Gasteiger charge is 2.21. The Morgan fingerprint density at radius 3 is 2.48 bits per heavy atom. The number of hydrogen-bond acceptors (Lipinski definition) is 2. The largest absolute Gasteiger partial charge is 0.494 e. The van der Waals surface area contributed by atoms with Gasteiger partial charge in [-0.3, -0.25) is 4.79 Å². The van der Waals surface area contributed by atoms with Gasteiger partial charge in [0.15, 0.2) is 17.3 Å². The molecule has 0 amide bonds. The van der Waals surface area contributed by atoms with Crippen molar-refractivity contribution in [1.29, 1.82) is 0 Å². The lowest BCUT2D eigenvalue weighted by atomic mass is 9.99. The Morgan fingerprint density at radius 2 is 1.81 bits per heavy atom. The second kappa shape index (κ2) is 5.99. The molecule has 0 saturated carbocycles. The number of ketones is 1. The number of ether oxygens (including phenoxy) is 1. The molecule has 0 aliphatic carbocycles. The predicted molar refractivity (Wildman–Crippen MR) is 72.1 cm³/mol. The maximum Gasteiger partial charge on any atom is 0.173 e. The number of rotatable bonds is 4. The lowest BCUT2D eigenvalue weighted by Crippen LogP contribution is -2.11. The van der Waals surface area contributed by atoms with Crippen molar-refractivity contribution in [2.45, 2.75) is 13.3 Å². The van der Waals surface area contributed by atoms with E-state index in [0.717, 1.165) is 6.07 Å². The molecular weight excluding hydrogens is 281 g/mol. The molecule has 0 fully saturated rings. The van der Waals surface area contributed by atoms with Crippen LogP contribution in [0.25, 0.3) is 0 Å². The van der Waals surface area contributed by atoms with E-state index in [1.165, 1.54) is 38.3 Å². The second-order valence-corrected chi connectivity index (χ2v) is 4.59. The first-order valence-corrected chi connectivity index (χ1v) is 6.25. The highest BCUT2D eigenvalue weighted by Crippen LogP contribution is 2.23. The summed E-state index contributed by atoms with van der Waals surface area (Å²) in [5.74, 6) is -3.41. The van der Waals surface area contributed by atoms with Crippen LogP contribution >= 0.6 is 0 Å². The molecule has 5 heteroatoms. The van der Waals surface area contributed by atoms with Gasteiger partial charge in [0.2, 0.25) is 0 Å². The number of halogens is 3. The summed E-state index contributed by atoms with van der Waals surface area (Å²) in [7, 11) is 1.30. The quantitative estimate of drug-likeness (QED) is 0.801. The highest BCUT2D eigenvalue weighted by molar-refractivity contribution is 5.98. The molecule has 0 saturated heterocycles. The van der Waals surface area contributed by atoms with Crippen molar-refractivity contribution in [2.75, 3.05) is 7.11 Å². The van der Waals surface area contributed by atoms with Crippen LogP contribution in [0, 0.1) is 24.4 Å². The molecule has 2 nitrogen and oxygen atoms in total. The normalized spacial score (nSPS) is 10.5. The van der Waals surface area contributed by atoms with E-state index in [1.54, 1.807) is 0 Å². The predicted octanol–water partition coefficient (Wildman–Crippen LogP) is 3.85. The Bertz CT molecular complexity index is 696. The Hall–Kier alpha value is -2.30. The lowest BCUT2D eigenvalue weighted by Gasteiger charge is -2.09. The molecule has 0 atom stereocenters. The molecule has 0 unspecified atom stereocenters. The van der Waals surface area contributed by atoms with Gasteiger partial charge in [-0.25, -0.2) is 13.2 Å². The summed E-state index contributed by atoms with van der Waals surface area (Å²) in [6.45, 7) is 1.43. The molecule has 110 valence electrons. The van der Waals surface area contributed by atoms with E-state index >= 15 is 0 Å². The number of benzene rings is 2. The third kappa shape index (κ3) is 2.91. The van der Waals surface area contributed by atoms with Crippen molar-refractivity contribution in [3.63, 3.8) is 0 Å². The van der Waals surface area contributed by atoms with Gasteiger partial charge < -0.3 is 4.74 Å². The van der Waals surface area contributed by atoms with Gasteiger partial charge in [0.1, 0.15) is 11.6 Å². The van der Waals surface area contributed by atoms with Crippen LogP contribution in [0.2, 0.25) is 0 Å². The number of carbonyl (C=O) groups is 1. The van der Waals surface area contributed by atoms with Crippen LogP contribution in [0.4, 0.5) is 13.2 Å². The molecule has 0 N–H and O–H groups in total. The van der Waals surface area contributed by atoms with Gasteiger partial charge in [-0.1, -0.05) is 18.2 Å². The third-order valence-electron chi connectivity index (χ3n) is 3.18. The van der Waals surface area contributed by atoms with Crippen molar-refractivity contribution in [3.05, 3.63) is 64.5 Å². The molecule has 2 aromatic carbocycles. The minimum absolute atomic E-state index is 0.0227. The minimum atomic E-state index is -0.952. The van der Waals surface area contributed by atoms with Crippen molar-refractivity contribution >= 4 is 5.78 Å². The molecule has 0 spiro atoms. The third-order valence-corrected chi connectivity index (χ3v) is 3.18. The molecule has 0 heterocycles. The standard InChI is InChI=1S/C16H13F3O2/c1-9-6-7-11(17)14(15(9)18)12(20)8-10-4-3-5-13(21-2)16(10)19/h3-7H,8H2,1-2H3. The summed E-state index contributed by atoms with van der Waals surface area (Å²) in [6, 6.07) is 6.55. The van der Waals surface area contributed by atoms with Crippen molar-refractivity contribution < 1.29 is 22.7 Å². The summed E-state index contributed by atoms with van der Waals surface area (Å²) in [5.41, 5.74) is -0.456. The molecule has 0 radical (unpaired) electrons. The molecule has 0 aromatic heterocycles. The zero-order chi connectivity index (χ0) is 15.6. The number of Topliss-reactive ketones (excluding diaryl/α,β-unsaturated/α-hetero) is 1. The van der Waals surface area contributed by atoms with E-state index in [9.17, 15) is 18.0 Å². The maximum absolute atomic E-state index is 14.0. The fourth-order valence-corrected chi connectivity index (χ4v) is 2.02. The smallest absolute Gasteiger partial charge is 0.173 e. The Balaban J connectivity index is 2.38. The van der Waals surface area contributed by atoms with E-state index in [-0.39, 0.29) is 16.9 Å². The van der Waals surface area contributed by atoms with Crippen LogP contribution in [-0.4, -0.2) is 12.9 Å². The SMILES string of the molecule is COc1cccc(CC(=O)c2c(F)ccc(C)c2F)c1F. The number of methoxy groups -OCH3 is 1. The monoisotopic (exact) mass is 294 g/mol. The van der Waals surface area contributed by atoms with Crippen LogP contribution in [0.3, 0.4) is 0 Å². The molecule has 0 bridgehead atoms. The zero-order valence-electron chi connectivity index (χ0n) is 11.5. The number of hydrogen-bond donors (Lipinski definition) is 0. The molecule has 21 heavy (non-hydrogen) atoms.